The predicted molar refractivity (Wildman–Crippen MR) is 94.6 cm³/mol. The van der Waals surface area contributed by atoms with Crippen molar-refractivity contribution in [1.29, 1.82) is 0 Å². The molecule has 1 fully saturated rings. The average molecular weight is 355 g/mol. The Hall–Kier alpha value is -2.90. The van der Waals surface area contributed by atoms with Gasteiger partial charge in [0.25, 0.3) is 0 Å². The van der Waals surface area contributed by atoms with Gasteiger partial charge in [-0.15, -0.1) is 0 Å². The topological polar surface area (TPSA) is 102 Å². The highest BCUT2D eigenvalue weighted by molar-refractivity contribution is 6.01. The van der Waals surface area contributed by atoms with Crippen LogP contribution in [0.1, 0.15) is 43.1 Å². The Morgan fingerprint density at radius 3 is 2.85 bits per heavy atom. The smallest absolute Gasteiger partial charge is 0.331 e. The summed E-state index contributed by atoms with van der Waals surface area (Å²) in [5.41, 5.74) is 1.53. The van der Waals surface area contributed by atoms with Crippen LogP contribution >= 0.6 is 0 Å². The molecule has 26 heavy (non-hydrogen) atoms. The minimum absolute atomic E-state index is 0.0149. The number of fused-ring (bicyclic) bond motifs is 1. The zero-order valence-electron chi connectivity index (χ0n) is 14.4. The Kier molecular flexibility index (Phi) is 4.32. The van der Waals surface area contributed by atoms with E-state index in [0.717, 1.165) is 30.5 Å². The number of carbonyl (C=O) groups is 2. The molecule has 8 heteroatoms. The van der Waals surface area contributed by atoms with E-state index in [-0.39, 0.29) is 30.1 Å². The monoisotopic (exact) mass is 355 g/mol. The standard InChI is InChI=1S/C18H21N5O3/c24-15-9-8-12-5-1-2-6-13(12)23(15)11-16(25)22-10-4-3-7-14(22)17-19-18(26)21-20-17/h1-2,5-6,14H,3-4,7-11H2,(H2,19,20,21,26). The maximum absolute atomic E-state index is 13.0. The van der Waals surface area contributed by atoms with Crippen molar-refractivity contribution in [3.8, 4) is 0 Å². The van der Waals surface area contributed by atoms with Gasteiger partial charge in [0, 0.05) is 18.7 Å². The lowest BCUT2D eigenvalue weighted by atomic mass is 10.00. The fourth-order valence-electron chi connectivity index (χ4n) is 3.85. The van der Waals surface area contributed by atoms with E-state index in [1.54, 1.807) is 9.80 Å². The number of amides is 2. The number of likely N-dealkylation sites (tertiary alicyclic amines) is 1. The van der Waals surface area contributed by atoms with Crippen LogP contribution in [0.25, 0.3) is 0 Å². The molecule has 0 radical (unpaired) electrons. The number of benzene rings is 1. The third-order valence-electron chi connectivity index (χ3n) is 5.14. The van der Waals surface area contributed by atoms with Gasteiger partial charge < -0.3 is 9.80 Å². The molecule has 2 aliphatic heterocycles. The molecule has 2 aromatic rings. The lowest BCUT2D eigenvalue weighted by molar-refractivity contribution is -0.135. The highest BCUT2D eigenvalue weighted by Crippen LogP contribution is 2.30. The minimum atomic E-state index is -0.377. The lowest BCUT2D eigenvalue weighted by Crippen LogP contribution is -2.47. The van der Waals surface area contributed by atoms with Crippen molar-refractivity contribution in [2.45, 2.75) is 38.1 Å². The molecule has 0 aliphatic carbocycles. The van der Waals surface area contributed by atoms with Gasteiger partial charge in [-0.3, -0.25) is 14.6 Å². The molecule has 2 amide bonds. The Morgan fingerprint density at radius 2 is 2.04 bits per heavy atom. The van der Waals surface area contributed by atoms with Gasteiger partial charge in [0.2, 0.25) is 11.8 Å². The Labute approximate surface area is 150 Å². The summed E-state index contributed by atoms with van der Waals surface area (Å²) in [5, 5.41) is 6.37. The van der Waals surface area contributed by atoms with Gasteiger partial charge in [0.05, 0.1) is 6.04 Å². The SMILES string of the molecule is O=C1CCc2ccccc2N1CC(=O)N1CCCCC1c1n[nH]c(=O)[nH]1. The van der Waals surface area contributed by atoms with Crippen LogP contribution in [0.2, 0.25) is 0 Å². The second-order valence-corrected chi connectivity index (χ2v) is 6.77. The van der Waals surface area contributed by atoms with Crippen molar-refractivity contribution in [3.63, 3.8) is 0 Å². The van der Waals surface area contributed by atoms with Gasteiger partial charge in [-0.25, -0.2) is 9.89 Å². The molecule has 1 atom stereocenters. The molecule has 1 unspecified atom stereocenters. The Morgan fingerprint density at radius 1 is 1.19 bits per heavy atom. The van der Waals surface area contributed by atoms with Crippen LogP contribution in [0.3, 0.4) is 0 Å². The number of hydrogen-bond donors (Lipinski definition) is 2. The second kappa shape index (κ2) is 6.78. The highest BCUT2D eigenvalue weighted by atomic mass is 16.2. The first-order valence-corrected chi connectivity index (χ1v) is 8.96. The molecule has 2 aliphatic rings. The van der Waals surface area contributed by atoms with Crippen molar-refractivity contribution in [2.24, 2.45) is 0 Å². The van der Waals surface area contributed by atoms with Crippen molar-refractivity contribution in [1.82, 2.24) is 20.1 Å². The van der Waals surface area contributed by atoms with E-state index in [9.17, 15) is 14.4 Å². The Bertz CT molecular complexity index is 887. The third-order valence-corrected chi connectivity index (χ3v) is 5.14. The fourth-order valence-corrected chi connectivity index (χ4v) is 3.85. The molecule has 0 spiro atoms. The van der Waals surface area contributed by atoms with Gasteiger partial charge in [0.1, 0.15) is 6.54 Å². The van der Waals surface area contributed by atoms with Gasteiger partial charge >= 0.3 is 5.69 Å². The number of para-hydroxylation sites is 1. The molecule has 1 aromatic heterocycles. The van der Waals surface area contributed by atoms with Crippen molar-refractivity contribution >= 4 is 17.5 Å². The number of aromatic nitrogens is 3. The zero-order valence-corrected chi connectivity index (χ0v) is 14.4. The summed E-state index contributed by atoms with van der Waals surface area (Å²) in [4.78, 5) is 42.8. The summed E-state index contributed by atoms with van der Waals surface area (Å²) < 4.78 is 0. The molecule has 4 rings (SSSR count). The first-order chi connectivity index (χ1) is 12.6. The number of piperidine rings is 1. The van der Waals surface area contributed by atoms with E-state index in [2.05, 4.69) is 15.2 Å². The maximum Gasteiger partial charge on any atom is 0.340 e. The Balaban J connectivity index is 1.57. The van der Waals surface area contributed by atoms with E-state index in [1.807, 2.05) is 24.3 Å². The second-order valence-electron chi connectivity index (χ2n) is 6.77. The molecular weight excluding hydrogens is 334 g/mol. The third kappa shape index (κ3) is 3.02. The normalized spacial score (nSPS) is 20.2. The largest absolute Gasteiger partial charge is 0.340 e. The number of H-pyrrole nitrogens is 2. The molecular formula is C18H21N5O3. The molecule has 1 saturated heterocycles. The number of aromatic amines is 2. The number of aryl methyl sites for hydroxylation is 1. The molecule has 136 valence electrons. The summed E-state index contributed by atoms with van der Waals surface area (Å²) in [6.45, 7) is 0.614. The highest BCUT2D eigenvalue weighted by Gasteiger charge is 2.33. The molecule has 0 saturated carbocycles. The van der Waals surface area contributed by atoms with Crippen molar-refractivity contribution in [2.75, 3.05) is 18.0 Å². The number of hydrogen-bond acceptors (Lipinski definition) is 4. The fraction of sp³-hybridized carbons (Fsp3) is 0.444. The van der Waals surface area contributed by atoms with Gasteiger partial charge in [-0.05, 0) is 37.3 Å². The van der Waals surface area contributed by atoms with Crippen LogP contribution in [0.4, 0.5) is 5.69 Å². The summed E-state index contributed by atoms with van der Waals surface area (Å²) in [6.07, 6.45) is 3.74. The predicted octanol–water partition coefficient (Wildman–Crippen LogP) is 1.13. The van der Waals surface area contributed by atoms with Crippen LogP contribution < -0.4 is 10.6 Å². The summed E-state index contributed by atoms with van der Waals surface area (Å²) in [6, 6.07) is 7.46. The van der Waals surface area contributed by atoms with Crippen molar-refractivity contribution in [3.05, 3.63) is 46.1 Å². The minimum Gasteiger partial charge on any atom is -0.331 e. The van der Waals surface area contributed by atoms with E-state index >= 15 is 0 Å². The van der Waals surface area contributed by atoms with E-state index in [4.69, 9.17) is 0 Å². The zero-order chi connectivity index (χ0) is 18.1. The number of carbonyl (C=O) groups excluding carboxylic acids is 2. The van der Waals surface area contributed by atoms with E-state index in [0.29, 0.717) is 25.2 Å². The molecule has 0 bridgehead atoms. The summed E-state index contributed by atoms with van der Waals surface area (Å²) in [7, 11) is 0. The summed E-state index contributed by atoms with van der Waals surface area (Å²) in [5.74, 6) is 0.329. The average Bonchev–Trinajstić information content (AvgIpc) is 3.10. The molecule has 3 heterocycles. The maximum atomic E-state index is 13.0. The van der Waals surface area contributed by atoms with Crippen molar-refractivity contribution < 1.29 is 9.59 Å². The first-order valence-electron chi connectivity index (χ1n) is 8.96. The quantitative estimate of drug-likeness (QED) is 0.861. The number of nitrogens with one attached hydrogen (secondary N) is 2. The van der Waals surface area contributed by atoms with Crippen LogP contribution in [0, 0.1) is 0 Å². The van der Waals surface area contributed by atoms with Crippen LogP contribution in [-0.4, -0.2) is 45.0 Å². The van der Waals surface area contributed by atoms with Gasteiger partial charge in [-0.1, -0.05) is 18.2 Å². The van der Waals surface area contributed by atoms with Crippen LogP contribution in [0.5, 0.6) is 0 Å². The molecule has 8 nitrogen and oxygen atoms in total. The first kappa shape index (κ1) is 16.6. The summed E-state index contributed by atoms with van der Waals surface area (Å²) >= 11 is 0. The van der Waals surface area contributed by atoms with Crippen LogP contribution in [-0.2, 0) is 16.0 Å². The number of anilines is 1. The van der Waals surface area contributed by atoms with E-state index in [1.165, 1.54) is 0 Å². The molecule has 2 N–H and O–H groups in total. The molecule has 1 aromatic carbocycles. The number of rotatable bonds is 3. The van der Waals surface area contributed by atoms with E-state index < -0.39 is 0 Å². The number of nitrogens with zero attached hydrogens (tertiary/aromatic N) is 3. The van der Waals surface area contributed by atoms with Gasteiger partial charge in [-0.2, -0.15) is 5.10 Å². The van der Waals surface area contributed by atoms with Gasteiger partial charge in [0.15, 0.2) is 5.82 Å². The lowest BCUT2D eigenvalue weighted by Gasteiger charge is -2.36. The van der Waals surface area contributed by atoms with Crippen LogP contribution in [0.15, 0.2) is 29.1 Å².